The number of benzene rings is 1. The van der Waals surface area contributed by atoms with Crippen molar-refractivity contribution in [3.63, 3.8) is 0 Å². The molecule has 0 atom stereocenters. The van der Waals surface area contributed by atoms with Crippen molar-refractivity contribution in [1.29, 1.82) is 0 Å². The molecule has 114 valence electrons. The van der Waals surface area contributed by atoms with Crippen LogP contribution < -0.4 is 0 Å². The summed E-state index contributed by atoms with van der Waals surface area (Å²) >= 11 is 0. The maximum Gasteiger partial charge on any atom is 0.410 e. The van der Waals surface area contributed by atoms with E-state index in [1.165, 1.54) is 10.3 Å². The zero-order valence-electron chi connectivity index (χ0n) is 12.4. The van der Waals surface area contributed by atoms with Crippen LogP contribution >= 0.6 is 0 Å². The maximum atomic E-state index is 12.1. The third kappa shape index (κ3) is 4.07. The first-order valence-electron chi connectivity index (χ1n) is 6.65. The number of sulfone groups is 1. The Bertz CT molecular complexity index is 649. The van der Waals surface area contributed by atoms with Crippen molar-refractivity contribution in [2.75, 3.05) is 13.1 Å². The third-order valence-corrected chi connectivity index (χ3v) is 4.41. The molecule has 0 saturated carbocycles. The summed E-state index contributed by atoms with van der Waals surface area (Å²) in [4.78, 5) is 13.5. The van der Waals surface area contributed by atoms with Gasteiger partial charge >= 0.3 is 6.09 Å². The van der Waals surface area contributed by atoms with Gasteiger partial charge in [0.1, 0.15) is 5.60 Å². The second kappa shape index (κ2) is 5.52. The summed E-state index contributed by atoms with van der Waals surface area (Å²) in [6.07, 6.45) is -0.420. The number of amides is 1. The molecule has 1 aromatic rings. The van der Waals surface area contributed by atoms with Gasteiger partial charge in [0.2, 0.25) is 0 Å². The maximum absolute atomic E-state index is 12.1. The lowest BCUT2D eigenvalue weighted by molar-refractivity contribution is 0.0214. The average molecular weight is 309 g/mol. The van der Waals surface area contributed by atoms with E-state index in [4.69, 9.17) is 4.74 Å². The highest BCUT2D eigenvalue weighted by molar-refractivity contribution is 7.94. The van der Waals surface area contributed by atoms with E-state index in [0.717, 1.165) is 0 Å². The van der Waals surface area contributed by atoms with Crippen LogP contribution in [0, 0.1) is 0 Å². The highest BCUT2D eigenvalue weighted by Gasteiger charge is 2.30. The predicted octanol–water partition coefficient (Wildman–Crippen LogP) is 2.59. The monoisotopic (exact) mass is 309 g/mol. The molecule has 1 aromatic carbocycles. The molecule has 2 rings (SSSR count). The zero-order valence-corrected chi connectivity index (χ0v) is 13.2. The number of likely N-dealkylation sites (tertiary alicyclic amines) is 1. The number of rotatable bonds is 2. The molecule has 1 saturated heterocycles. The fourth-order valence-electron chi connectivity index (χ4n) is 1.87. The molecular weight excluding hydrogens is 290 g/mol. The van der Waals surface area contributed by atoms with E-state index in [-0.39, 0.29) is 4.90 Å². The van der Waals surface area contributed by atoms with Crippen LogP contribution in [0.15, 0.2) is 46.2 Å². The first-order valence-corrected chi connectivity index (χ1v) is 8.19. The van der Waals surface area contributed by atoms with E-state index in [1.807, 2.05) is 0 Å². The van der Waals surface area contributed by atoms with E-state index < -0.39 is 21.5 Å². The zero-order chi connectivity index (χ0) is 15.7. The van der Waals surface area contributed by atoms with Gasteiger partial charge in [-0.15, -0.1) is 0 Å². The normalized spacial score (nSPS) is 15.4. The molecule has 0 radical (unpaired) electrons. The van der Waals surface area contributed by atoms with E-state index in [2.05, 4.69) is 0 Å². The van der Waals surface area contributed by atoms with Crippen molar-refractivity contribution in [2.24, 2.45) is 0 Å². The van der Waals surface area contributed by atoms with Gasteiger partial charge < -0.3 is 9.64 Å². The fraction of sp³-hybridized carbons (Fsp3) is 0.400. The quantitative estimate of drug-likeness (QED) is 0.842. The van der Waals surface area contributed by atoms with Gasteiger partial charge in [0.15, 0.2) is 9.84 Å². The molecule has 0 N–H and O–H groups in total. The molecule has 0 unspecified atom stereocenters. The lowest BCUT2D eigenvalue weighted by atomic mass is 10.1. The molecule has 1 amide bonds. The Morgan fingerprint density at radius 2 is 1.76 bits per heavy atom. The van der Waals surface area contributed by atoms with Gasteiger partial charge in [-0.3, -0.25) is 0 Å². The third-order valence-electron chi connectivity index (χ3n) is 2.83. The van der Waals surface area contributed by atoms with Crippen LogP contribution in [0.3, 0.4) is 0 Å². The van der Waals surface area contributed by atoms with Gasteiger partial charge in [0.25, 0.3) is 0 Å². The minimum atomic E-state index is -3.45. The number of ether oxygens (including phenoxy) is 1. The molecule has 1 aliphatic heterocycles. The Kier molecular flexibility index (Phi) is 4.09. The van der Waals surface area contributed by atoms with Crippen molar-refractivity contribution in [1.82, 2.24) is 4.90 Å². The SMILES string of the molecule is CC(C)(C)OC(=O)N1CC(=CS(=O)(=O)c2ccccc2)C1. The minimum Gasteiger partial charge on any atom is -0.444 e. The van der Waals surface area contributed by atoms with Gasteiger partial charge in [-0.1, -0.05) is 18.2 Å². The minimum absolute atomic E-state index is 0.258. The lowest BCUT2D eigenvalue weighted by Crippen LogP contribution is -2.47. The summed E-state index contributed by atoms with van der Waals surface area (Å²) in [7, 11) is -3.45. The average Bonchev–Trinajstić information content (AvgIpc) is 2.32. The number of hydrogen-bond donors (Lipinski definition) is 0. The molecule has 21 heavy (non-hydrogen) atoms. The highest BCUT2D eigenvalue weighted by atomic mass is 32.2. The highest BCUT2D eigenvalue weighted by Crippen LogP contribution is 2.22. The van der Waals surface area contributed by atoms with Crippen molar-refractivity contribution in [3.05, 3.63) is 41.3 Å². The van der Waals surface area contributed by atoms with Crippen LogP contribution in [0.5, 0.6) is 0 Å². The summed E-state index contributed by atoms with van der Waals surface area (Å²) in [5, 5.41) is 1.24. The Morgan fingerprint density at radius 1 is 1.19 bits per heavy atom. The molecule has 1 aliphatic rings. The van der Waals surface area contributed by atoms with Crippen molar-refractivity contribution in [2.45, 2.75) is 31.3 Å². The summed E-state index contributed by atoms with van der Waals surface area (Å²) in [6.45, 7) is 5.96. The summed E-state index contributed by atoms with van der Waals surface area (Å²) in [6, 6.07) is 8.23. The number of nitrogens with zero attached hydrogens (tertiary/aromatic N) is 1. The van der Waals surface area contributed by atoms with Gasteiger partial charge in [0.05, 0.1) is 4.90 Å². The predicted molar refractivity (Wildman–Crippen MR) is 79.5 cm³/mol. The Balaban J connectivity index is 2.00. The van der Waals surface area contributed by atoms with Crippen molar-refractivity contribution in [3.8, 4) is 0 Å². The Hall–Kier alpha value is -1.82. The summed E-state index contributed by atoms with van der Waals surface area (Å²) in [5.74, 6) is 0. The van der Waals surface area contributed by atoms with E-state index in [0.29, 0.717) is 18.7 Å². The van der Waals surface area contributed by atoms with E-state index in [1.54, 1.807) is 51.1 Å². The summed E-state index contributed by atoms with van der Waals surface area (Å²) in [5.41, 5.74) is 0.150. The van der Waals surface area contributed by atoms with E-state index in [9.17, 15) is 13.2 Å². The topological polar surface area (TPSA) is 63.7 Å². The van der Waals surface area contributed by atoms with Gasteiger partial charge in [0, 0.05) is 18.5 Å². The Labute approximate surface area is 125 Å². The molecule has 0 aromatic heterocycles. The van der Waals surface area contributed by atoms with Crippen LogP contribution in [0.25, 0.3) is 0 Å². The molecular formula is C15H19NO4S. The van der Waals surface area contributed by atoms with Crippen molar-refractivity contribution >= 4 is 15.9 Å². The molecule has 6 heteroatoms. The summed E-state index contributed by atoms with van der Waals surface area (Å²) < 4.78 is 29.5. The first kappa shape index (κ1) is 15.6. The molecule has 0 bridgehead atoms. The molecule has 0 spiro atoms. The van der Waals surface area contributed by atoms with Crippen molar-refractivity contribution < 1.29 is 17.9 Å². The van der Waals surface area contributed by atoms with Crippen LogP contribution in [0.1, 0.15) is 20.8 Å². The van der Waals surface area contributed by atoms with E-state index >= 15 is 0 Å². The molecule has 1 fully saturated rings. The van der Waals surface area contributed by atoms with Crippen LogP contribution in [-0.2, 0) is 14.6 Å². The first-order chi connectivity index (χ1) is 9.67. The van der Waals surface area contributed by atoms with Crippen LogP contribution in [0.4, 0.5) is 4.79 Å². The van der Waals surface area contributed by atoms with Gasteiger partial charge in [-0.05, 0) is 38.5 Å². The number of hydrogen-bond acceptors (Lipinski definition) is 4. The Morgan fingerprint density at radius 3 is 2.29 bits per heavy atom. The van der Waals surface area contributed by atoms with Crippen LogP contribution in [0.2, 0.25) is 0 Å². The smallest absolute Gasteiger partial charge is 0.410 e. The lowest BCUT2D eigenvalue weighted by Gasteiger charge is -2.35. The molecule has 0 aliphatic carbocycles. The molecule has 1 heterocycles. The molecule has 5 nitrogen and oxygen atoms in total. The number of carbonyl (C=O) groups is 1. The van der Waals surface area contributed by atoms with Crippen LogP contribution in [-0.4, -0.2) is 38.1 Å². The fourth-order valence-corrected chi connectivity index (χ4v) is 3.13. The van der Waals surface area contributed by atoms with Gasteiger partial charge in [-0.2, -0.15) is 0 Å². The second-order valence-corrected chi connectivity index (χ2v) is 7.77. The number of carbonyl (C=O) groups excluding carboxylic acids is 1. The largest absolute Gasteiger partial charge is 0.444 e. The van der Waals surface area contributed by atoms with Gasteiger partial charge in [-0.25, -0.2) is 13.2 Å². The second-order valence-electron chi connectivity index (χ2n) is 5.97. The standard InChI is InChI=1S/C15H19NO4S/c1-15(2,3)20-14(17)16-9-12(10-16)11-21(18,19)13-7-5-4-6-8-13/h4-8,11H,9-10H2,1-3H3.